The van der Waals surface area contributed by atoms with Gasteiger partial charge in [0, 0.05) is 61.3 Å². The maximum Gasteiger partial charge on any atom is 0.164 e. The standard InChI is InChI=1S/C53H39N5/c1-52(2)41-20-12-14-22-46(41)57-28-27-39-47-40(31-44(52)48(39)57)38-19-11-13-21-45(38)58(47)35-24-26-37-36-25-23-34(29-42(36)53(3,4)43(37)30-35)51-55-49(32-15-7-5-8-16-32)54-50(56-51)33-17-9-6-10-18-33/h5-31H,1-4H3. The van der Waals surface area contributed by atoms with Crippen molar-refractivity contribution in [3.8, 4) is 56.7 Å². The van der Waals surface area contributed by atoms with E-state index in [4.69, 9.17) is 15.0 Å². The predicted octanol–water partition coefficient (Wildman–Crippen LogP) is 12.9. The predicted molar refractivity (Wildman–Crippen MR) is 237 cm³/mol. The van der Waals surface area contributed by atoms with Gasteiger partial charge >= 0.3 is 0 Å². The molecule has 0 spiro atoms. The molecule has 7 aromatic carbocycles. The van der Waals surface area contributed by atoms with Gasteiger partial charge in [-0.15, -0.1) is 0 Å². The van der Waals surface area contributed by atoms with Gasteiger partial charge in [-0.05, 0) is 75.8 Å². The van der Waals surface area contributed by atoms with Crippen LogP contribution in [0.4, 0.5) is 0 Å². The van der Waals surface area contributed by atoms with Gasteiger partial charge in [0.15, 0.2) is 17.5 Å². The summed E-state index contributed by atoms with van der Waals surface area (Å²) in [7, 11) is 0. The summed E-state index contributed by atoms with van der Waals surface area (Å²) in [5.74, 6) is 2.00. The van der Waals surface area contributed by atoms with E-state index in [0.29, 0.717) is 17.5 Å². The number of para-hydroxylation sites is 2. The van der Waals surface area contributed by atoms with Gasteiger partial charge in [-0.2, -0.15) is 0 Å². The molecule has 276 valence electrons. The first-order chi connectivity index (χ1) is 28.3. The number of fused-ring (bicyclic) bond motifs is 9. The highest BCUT2D eigenvalue weighted by Gasteiger charge is 2.38. The van der Waals surface area contributed by atoms with Gasteiger partial charge in [-0.3, -0.25) is 0 Å². The third-order valence-corrected chi connectivity index (χ3v) is 13.0. The van der Waals surface area contributed by atoms with Crippen molar-refractivity contribution in [3.63, 3.8) is 0 Å². The lowest BCUT2D eigenvalue weighted by Gasteiger charge is -2.34. The molecule has 12 rings (SSSR count). The van der Waals surface area contributed by atoms with Crippen molar-refractivity contribution in [3.05, 3.63) is 186 Å². The van der Waals surface area contributed by atoms with Crippen molar-refractivity contribution in [2.45, 2.75) is 38.5 Å². The number of hydrogen-bond acceptors (Lipinski definition) is 3. The Morgan fingerprint density at radius 3 is 1.72 bits per heavy atom. The summed E-state index contributed by atoms with van der Waals surface area (Å²) < 4.78 is 4.91. The second-order valence-electron chi connectivity index (χ2n) is 16.9. The molecule has 0 unspecified atom stereocenters. The summed E-state index contributed by atoms with van der Waals surface area (Å²) in [6.07, 6.45) is 2.27. The van der Waals surface area contributed by atoms with E-state index < -0.39 is 0 Å². The summed E-state index contributed by atoms with van der Waals surface area (Å²) in [6.45, 7) is 9.45. The van der Waals surface area contributed by atoms with Crippen LogP contribution in [0.2, 0.25) is 0 Å². The van der Waals surface area contributed by atoms with E-state index in [1.165, 1.54) is 77.5 Å². The minimum Gasteiger partial charge on any atom is -0.316 e. The van der Waals surface area contributed by atoms with Crippen LogP contribution in [0.1, 0.15) is 49.9 Å². The van der Waals surface area contributed by atoms with Gasteiger partial charge in [0.25, 0.3) is 0 Å². The Bertz CT molecular complexity index is 3270. The highest BCUT2D eigenvalue weighted by molar-refractivity contribution is 6.20. The Morgan fingerprint density at radius 2 is 1.00 bits per heavy atom. The number of aromatic nitrogens is 5. The van der Waals surface area contributed by atoms with Crippen LogP contribution in [0.3, 0.4) is 0 Å². The molecule has 0 N–H and O–H groups in total. The molecule has 0 saturated carbocycles. The number of benzene rings is 7. The van der Waals surface area contributed by atoms with Crippen LogP contribution in [0.15, 0.2) is 164 Å². The molecular weight excluding hydrogens is 707 g/mol. The van der Waals surface area contributed by atoms with Crippen molar-refractivity contribution >= 4 is 32.7 Å². The molecule has 1 aliphatic heterocycles. The summed E-state index contributed by atoms with van der Waals surface area (Å²) in [6, 6.07) is 56.8. The first kappa shape index (κ1) is 33.1. The van der Waals surface area contributed by atoms with Gasteiger partial charge in [0.05, 0.1) is 16.6 Å². The summed E-state index contributed by atoms with van der Waals surface area (Å²) >= 11 is 0. The van der Waals surface area contributed by atoms with Gasteiger partial charge < -0.3 is 9.13 Å². The fourth-order valence-electron chi connectivity index (χ4n) is 10.0. The van der Waals surface area contributed by atoms with Gasteiger partial charge in [0.1, 0.15) is 0 Å². The van der Waals surface area contributed by atoms with Crippen LogP contribution in [0, 0.1) is 0 Å². The van der Waals surface area contributed by atoms with Gasteiger partial charge in [0.2, 0.25) is 0 Å². The zero-order chi connectivity index (χ0) is 38.9. The Morgan fingerprint density at radius 1 is 0.414 bits per heavy atom. The molecule has 0 atom stereocenters. The fourth-order valence-corrected chi connectivity index (χ4v) is 10.0. The van der Waals surface area contributed by atoms with Crippen LogP contribution in [0.5, 0.6) is 0 Å². The molecule has 4 heterocycles. The Hall–Kier alpha value is -7.11. The Labute approximate surface area is 336 Å². The molecular formula is C53H39N5. The van der Waals surface area contributed by atoms with Crippen molar-refractivity contribution in [2.24, 2.45) is 0 Å². The first-order valence-corrected chi connectivity index (χ1v) is 20.1. The monoisotopic (exact) mass is 745 g/mol. The van der Waals surface area contributed by atoms with Crippen LogP contribution in [-0.2, 0) is 10.8 Å². The van der Waals surface area contributed by atoms with E-state index in [1.54, 1.807) is 0 Å². The van der Waals surface area contributed by atoms with Crippen LogP contribution >= 0.6 is 0 Å². The van der Waals surface area contributed by atoms with Gasteiger partial charge in [-0.1, -0.05) is 143 Å². The molecule has 5 nitrogen and oxygen atoms in total. The summed E-state index contributed by atoms with van der Waals surface area (Å²) in [5, 5.41) is 3.84. The number of hydrogen-bond donors (Lipinski definition) is 0. The Balaban J connectivity index is 1.02. The lowest BCUT2D eigenvalue weighted by molar-refractivity contribution is 0.629. The third kappa shape index (κ3) is 4.50. The molecule has 0 bridgehead atoms. The van der Waals surface area contributed by atoms with Crippen LogP contribution < -0.4 is 0 Å². The van der Waals surface area contributed by atoms with E-state index in [-0.39, 0.29) is 10.8 Å². The summed E-state index contributed by atoms with van der Waals surface area (Å²) in [5.41, 5.74) is 16.5. The molecule has 0 fully saturated rings. The molecule has 0 radical (unpaired) electrons. The second-order valence-corrected chi connectivity index (χ2v) is 16.9. The maximum atomic E-state index is 5.06. The van der Waals surface area contributed by atoms with Crippen LogP contribution in [-0.4, -0.2) is 24.1 Å². The number of nitrogens with zero attached hydrogens (tertiary/aromatic N) is 5. The molecule has 2 aliphatic rings. The molecule has 0 saturated heterocycles. The Kier molecular flexibility index (Phi) is 6.68. The smallest absolute Gasteiger partial charge is 0.164 e. The normalized spacial score (nSPS) is 14.5. The lowest BCUT2D eigenvalue weighted by Crippen LogP contribution is -2.26. The van der Waals surface area contributed by atoms with E-state index in [0.717, 1.165) is 16.7 Å². The molecule has 3 aromatic heterocycles. The van der Waals surface area contributed by atoms with Crippen molar-refractivity contribution < 1.29 is 0 Å². The molecule has 5 heteroatoms. The zero-order valence-corrected chi connectivity index (χ0v) is 32.8. The van der Waals surface area contributed by atoms with E-state index in [1.807, 2.05) is 36.4 Å². The average Bonchev–Trinajstić information content (AvgIpc) is 3.92. The molecule has 58 heavy (non-hydrogen) atoms. The van der Waals surface area contributed by atoms with Crippen molar-refractivity contribution in [1.29, 1.82) is 0 Å². The maximum absolute atomic E-state index is 5.06. The van der Waals surface area contributed by atoms with Crippen LogP contribution in [0.25, 0.3) is 89.4 Å². The highest BCUT2D eigenvalue weighted by atomic mass is 15.0. The van der Waals surface area contributed by atoms with Crippen molar-refractivity contribution in [1.82, 2.24) is 24.1 Å². The zero-order valence-electron chi connectivity index (χ0n) is 32.8. The average molecular weight is 746 g/mol. The van der Waals surface area contributed by atoms with Gasteiger partial charge in [-0.25, -0.2) is 15.0 Å². The minimum absolute atomic E-state index is 0.143. The van der Waals surface area contributed by atoms with E-state index in [9.17, 15) is 0 Å². The lowest BCUT2D eigenvalue weighted by atomic mass is 9.74. The fraction of sp³-hybridized carbons (Fsp3) is 0.113. The number of rotatable bonds is 4. The first-order valence-electron chi connectivity index (χ1n) is 20.1. The third-order valence-electron chi connectivity index (χ3n) is 13.0. The highest BCUT2D eigenvalue weighted by Crippen LogP contribution is 2.52. The summed E-state index contributed by atoms with van der Waals surface area (Å²) in [4.78, 5) is 15.1. The molecule has 10 aromatic rings. The van der Waals surface area contributed by atoms with E-state index in [2.05, 4.69) is 164 Å². The van der Waals surface area contributed by atoms with E-state index >= 15 is 0 Å². The minimum atomic E-state index is -0.270. The van der Waals surface area contributed by atoms with Crippen molar-refractivity contribution in [2.75, 3.05) is 0 Å². The molecule has 1 aliphatic carbocycles. The largest absolute Gasteiger partial charge is 0.316 e. The second kappa shape index (κ2) is 11.7. The topological polar surface area (TPSA) is 48.5 Å². The quantitative estimate of drug-likeness (QED) is 0.180. The molecule has 0 amide bonds. The SMILES string of the molecule is CC1(C)c2cc(-c3nc(-c4ccccc4)nc(-c4ccccc4)n3)ccc2-c2ccc(-n3c4ccccc4c4cc5c6c(ccn6-c6ccccc6C5(C)C)c43)cc21.